The SMILES string of the molecule is COc1ccc(C(=O)Nc2ccccc2N2CCCC2)cc1S(=O)(=O)N1CCCCCC1. The lowest BCUT2D eigenvalue weighted by atomic mass is 10.2. The second-order valence-electron chi connectivity index (χ2n) is 8.35. The van der Waals surface area contributed by atoms with E-state index in [9.17, 15) is 13.2 Å². The Kier molecular flexibility index (Phi) is 7.01. The van der Waals surface area contributed by atoms with Crippen LogP contribution in [0.15, 0.2) is 47.4 Å². The second kappa shape index (κ2) is 9.92. The number of ether oxygens (including phenoxy) is 1. The van der Waals surface area contributed by atoms with Gasteiger partial charge in [0.1, 0.15) is 10.6 Å². The molecule has 0 spiro atoms. The second-order valence-corrected chi connectivity index (χ2v) is 10.3. The van der Waals surface area contributed by atoms with E-state index in [1.165, 1.54) is 17.5 Å². The maximum Gasteiger partial charge on any atom is 0.255 e. The first-order valence-electron chi connectivity index (χ1n) is 11.3. The number of carbonyl (C=O) groups is 1. The first-order valence-corrected chi connectivity index (χ1v) is 12.8. The Balaban J connectivity index is 1.62. The minimum Gasteiger partial charge on any atom is -0.495 e. The van der Waals surface area contributed by atoms with Crippen molar-refractivity contribution in [1.29, 1.82) is 0 Å². The Morgan fingerprint density at radius 1 is 0.906 bits per heavy atom. The number of hydrogen-bond donors (Lipinski definition) is 1. The minimum atomic E-state index is -3.76. The van der Waals surface area contributed by atoms with Crippen LogP contribution in [0, 0.1) is 0 Å². The molecule has 2 heterocycles. The number of nitrogens with one attached hydrogen (secondary N) is 1. The van der Waals surface area contributed by atoms with Gasteiger partial charge >= 0.3 is 0 Å². The van der Waals surface area contributed by atoms with Gasteiger partial charge in [0.15, 0.2) is 0 Å². The lowest BCUT2D eigenvalue weighted by Crippen LogP contribution is -2.32. The van der Waals surface area contributed by atoms with E-state index in [1.54, 1.807) is 12.1 Å². The molecule has 2 fully saturated rings. The van der Waals surface area contributed by atoms with Crippen LogP contribution in [0.3, 0.4) is 0 Å². The summed E-state index contributed by atoms with van der Waals surface area (Å²) in [5.41, 5.74) is 2.01. The number of rotatable bonds is 6. The van der Waals surface area contributed by atoms with E-state index in [4.69, 9.17) is 4.74 Å². The summed E-state index contributed by atoms with van der Waals surface area (Å²) in [6.07, 6.45) is 6.02. The van der Waals surface area contributed by atoms with Crippen LogP contribution in [-0.2, 0) is 10.0 Å². The van der Waals surface area contributed by atoms with Crippen LogP contribution in [0.5, 0.6) is 5.75 Å². The highest BCUT2D eigenvalue weighted by Gasteiger charge is 2.29. The molecule has 0 bridgehead atoms. The minimum absolute atomic E-state index is 0.0439. The smallest absolute Gasteiger partial charge is 0.255 e. The zero-order chi connectivity index (χ0) is 22.6. The van der Waals surface area contributed by atoms with Crippen LogP contribution in [-0.4, -0.2) is 51.9 Å². The monoisotopic (exact) mass is 457 g/mol. The van der Waals surface area contributed by atoms with Crippen molar-refractivity contribution in [1.82, 2.24) is 4.31 Å². The van der Waals surface area contributed by atoms with Gasteiger partial charge in [0.05, 0.1) is 18.5 Å². The molecule has 2 aliphatic rings. The molecule has 0 radical (unpaired) electrons. The molecule has 2 aromatic rings. The van der Waals surface area contributed by atoms with Gasteiger partial charge in [0.2, 0.25) is 10.0 Å². The highest BCUT2D eigenvalue weighted by atomic mass is 32.2. The van der Waals surface area contributed by atoms with Crippen molar-refractivity contribution in [3.63, 3.8) is 0 Å². The molecule has 0 aromatic heterocycles. The highest BCUT2D eigenvalue weighted by Crippen LogP contribution is 2.31. The summed E-state index contributed by atoms with van der Waals surface area (Å²) in [5, 5.41) is 2.98. The van der Waals surface area contributed by atoms with Crippen molar-refractivity contribution in [3.8, 4) is 5.75 Å². The lowest BCUT2D eigenvalue weighted by molar-refractivity contribution is 0.102. The fourth-order valence-corrected chi connectivity index (χ4v) is 6.15. The van der Waals surface area contributed by atoms with Crippen molar-refractivity contribution in [2.24, 2.45) is 0 Å². The third-order valence-corrected chi connectivity index (χ3v) is 8.13. The summed E-state index contributed by atoms with van der Waals surface area (Å²) in [6.45, 7) is 2.91. The number of methoxy groups -OCH3 is 1. The molecule has 7 nitrogen and oxygen atoms in total. The molecule has 1 amide bonds. The molecule has 1 N–H and O–H groups in total. The molecule has 0 aliphatic carbocycles. The largest absolute Gasteiger partial charge is 0.495 e. The Labute approximate surface area is 190 Å². The van der Waals surface area contributed by atoms with Crippen molar-refractivity contribution in [2.75, 3.05) is 43.5 Å². The van der Waals surface area contributed by atoms with Gasteiger partial charge in [-0.25, -0.2) is 8.42 Å². The maximum absolute atomic E-state index is 13.4. The Morgan fingerprint density at radius 3 is 2.25 bits per heavy atom. The fraction of sp³-hybridized carbons (Fsp3) is 0.458. The number of anilines is 2. The molecule has 0 atom stereocenters. The number of sulfonamides is 1. The van der Waals surface area contributed by atoms with Crippen LogP contribution in [0.4, 0.5) is 11.4 Å². The zero-order valence-electron chi connectivity index (χ0n) is 18.5. The van der Waals surface area contributed by atoms with Crippen LogP contribution in [0.1, 0.15) is 48.9 Å². The molecule has 0 unspecified atom stereocenters. The van der Waals surface area contributed by atoms with Crippen molar-refractivity contribution < 1.29 is 17.9 Å². The van der Waals surface area contributed by atoms with Crippen LogP contribution < -0.4 is 15.0 Å². The average Bonchev–Trinajstić information content (AvgIpc) is 3.20. The summed E-state index contributed by atoms with van der Waals surface area (Å²) >= 11 is 0. The highest BCUT2D eigenvalue weighted by molar-refractivity contribution is 7.89. The van der Waals surface area contributed by atoms with Crippen molar-refractivity contribution in [3.05, 3.63) is 48.0 Å². The van der Waals surface area contributed by atoms with E-state index in [0.29, 0.717) is 13.1 Å². The van der Waals surface area contributed by atoms with E-state index >= 15 is 0 Å². The number of nitrogens with zero attached hydrogens (tertiary/aromatic N) is 2. The third-order valence-electron chi connectivity index (χ3n) is 6.21. The molecule has 172 valence electrons. The number of carbonyl (C=O) groups excluding carboxylic acids is 1. The van der Waals surface area contributed by atoms with Gasteiger partial charge in [-0.2, -0.15) is 4.31 Å². The van der Waals surface area contributed by atoms with Gasteiger partial charge in [0, 0.05) is 31.7 Å². The van der Waals surface area contributed by atoms with E-state index in [-0.39, 0.29) is 22.1 Å². The molecule has 32 heavy (non-hydrogen) atoms. The number of amides is 1. The summed E-state index contributed by atoms with van der Waals surface area (Å²) in [6, 6.07) is 12.3. The molecule has 2 aromatic carbocycles. The molecule has 2 aliphatic heterocycles. The molecular weight excluding hydrogens is 426 g/mol. The quantitative estimate of drug-likeness (QED) is 0.706. The normalized spacial score (nSPS) is 17.7. The maximum atomic E-state index is 13.4. The lowest BCUT2D eigenvalue weighted by Gasteiger charge is -2.22. The number of hydrogen-bond acceptors (Lipinski definition) is 5. The molecule has 2 saturated heterocycles. The first kappa shape index (κ1) is 22.6. The fourth-order valence-electron chi connectivity index (χ4n) is 4.45. The van der Waals surface area contributed by atoms with Gasteiger partial charge in [-0.3, -0.25) is 4.79 Å². The third kappa shape index (κ3) is 4.76. The topological polar surface area (TPSA) is 79.0 Å². The molecule has 8 heteroatoms. The number of benzene rings is 2. The van der Waals surface area contributed by atoms with E-state index in [2.05, 4.69) is 10.2 Å². The van der Waals surface area contributed by atoms with Gasteiger partial charge < -0.3 is 15.0 Å². The van der Waals surface area contributed by atoms with Gasteiger partial charge in [0.25, 0.3) is 5.91 Å². The molecular formula is C24H31N3O4S. The Hall–Kier alpha value is -2.58. The predicted molar refractivity (Wildman–Crippen MR) is 126 cm³/mol. The Morgan fingerprint density at radius 2 is 1.56 bits per heavy atom. The standard InChI is InChI=1S/C24H31N3O4S/c1-31-22-13-12-19(18-23(22)32(29,30)27-16-6-2-3-7-17-27)24(28)25-20-10-4-5-11-21(20)26-14-8-9-15-26/h4-5,10-13,18H,2-3,6-9,14-17H2,1H3,(H,25,28). The molecule has 0 saturated carbocycles. The predicted octanol–water partition coefficient (Wildman–Crippen LogP) is 4.11. The first-order chi connectivity index (χ1) is 15.5. The van der Waals surface area contributed by atoms with E-state index in [0.717, 1.165) is 63.0 Å². The Bertz CT molecular complexity index is 1060. The summed E-state index contributed by atoms with van der Waals surface area (Å²) in [5.74, 6) is -0.0881. The summed E-state index contributed by atoms with van der Waals surface area (Å²) in [7, 11) is -2.31. The number of para-hydroxylation sites is 2. The van der Waals surface area contributed by atoms with Gasteiger partial charge in [-0.1, -0.05) is 25.0 Å². The van der Waals surface area contributed by atoms with Gasteiger partial charge in [-0.05, 0) is 56.0 Å². The summed E-state index contributed by atoms with van der Waals surface area (Å²) < 4.78 is 33.6. The van der Waals surface area contributed by atoms with Gasteiger partial charge in [-0.15, -0.1) is 0 Å². The van der Waals surface area contributed by atoms with Crippen LogP contribution in [0.25, 0.3) is 0 Å². The zero-order valence-corrected chi connectivity index (χ0v) is 19.4. The van der Waals surface area contributed by atoms with Crippen molar-refractivity contribution >= 4 is 27.3 Å². The van der Waals surface area contributed by atoms with Crippen LogP contribution in [0.2, 0.25) is 0 Å². The summed E-state index contributed by atoms with van der Waals surface area (Å²) in [4.78, 5) is 15.4. The van der Waals surface area contributed by atoms with Crippen molar-refractivity contribution in [2.45, 2.75) is 43.4 Å². The van der Waals surface area contributed by atoms with Crippen LogP contribution >= 0.6 is 0 Å². The molecule has 4 rings (SSSR count). The average molecular weight is 458 g/mol. The van der Waals surface area contributed by atoms with E-state index in [1.807, 2.05) is 24.3 Å². The van der Waals surface area contributed by atoms with E-state index < -0.39 is 10.0 Å².